The second-order valence-electron chi connectivity index (χ2n) is 2.89. The molecule has 0 saturated carbocycles. The van der Waals surface area contributed by atoms with Gasteiger partial charge in [-0.25, -0.2) is 0 Å². The van der Waals surface area contributed by atoms with Gasteiger partial charge in [0, 0.05) is 0 Å². The van der Waals surface area contributed by atoms with E-state index >= 15 is 0 Å². The number of aliphatic hydroxyl groups excluding tert-OH is 1. The van der Waals surface area contributed by atoms with Crippen molar-refractivity contribution < 1.29 is 5.11 Å². The van der Waals surface area contributed by atoms with Gasteiger partial charge in [-0.2, -0.15) is 0 Å². The fourth-order valence-corrected chi connectivity index (χ4v) is 0.520. The van der Waals surface area contributed by atoms with Crippen LogP contribution in [0.1, 0.15) is 26.7 Å². The van der Waals surface area contributed by atoms with Gasteiger partial charge in [-0.15, -0.1) is 0 Å². The Morgan fingerprint density at radius 3 is 2.11 bits per heavy atom. The quantitative estimate of drug-likeness (QED) is 0.465. The lowest BCUT2D eigenvalue weighted by molar-refractivity contribution is 0.171. The number of aliphatic hydroxyl groups is 1. The van der Waals surface area contributed by atoms with E-state index in [1.807, 2.05) is 0 Å². The Kier molecular flexibility index (Phi) is 3.11. The molecule has 9 heavy (non-hydrogen) atoms. The lowest BCUT2D eigenvalue weighted by Gasteiger charge is -2.18. The van der Waals surface area contributed by atoms with Crippen molar-refractivity contribution in [2.45, 2.75) is 38.5 Å². The van der Waals surface area contributed by atoms with E-state index in [9.17, 15) is 0 Å². The van der Waals surface area contributed by atoms with E-state index in [1.54, 1.807) is 13.8 Å². The molecule has 0 radical (unpaired) electrons. The summed E-state index contributed by atoms with van der Waals surface area (Å²) in [5.41, 5.74) is 10.3. The molecule has 0 amide bonds. The third-order valence-electron chi connectivity index (χ3n) is 1.10. The highest BCUT2D eigenvalue weighted by molar-refractivity contribution is 4.70. The van der Waals surface area contributed by atoms with Crippen LogP contribution in [0.3, 0.4) is 0 Å². The summed E-state index contributed by atoms with van der Waals surface area (Å²) in [7, 11) is 0. The maximum atomic E-state index is 8.80. The van der Waals surface area contributed by atoms with Gasteiger partial charge in [0.05, 0.1) is 11.8 Å². The van der Waals surface area contributed by atoms with Gasteiger partial charge >= 0.3 is 0 Å². The summed E-state index contributed by atoms with van der Waals surface area (Å²) >= 11 is 0. The van der Waals surface area contributed by atoms with Gasteiger partial charge in [0.25, 0.3) is 0 Å². The summed E-state index contributed by atoms with van der Waals surface area (Å²) in [6.45, 7) is 3.47. The molecule has 0 aliphatic heterocycles. The highest BCUT2D eigenvalue weighted by Gasteiger charge is 2.11. The zero-order valence-corrected chi connectivity index (χ0v) is 6.09. The Balaban J connectivity index is 3.28. The zero-order chi connectivity index (χ0) is 7.49. The molecule has 0 bridgehead atoms. The second kappa shape index (κ2) is 3.15. The smallest absolute Gasteiger partial charge is 0.0608 e. The van der Waals surface area contributed by atoms with Gasteiger partial charge < -0.3 is 16.6 Å². The van der Waals surface area contributed by atoms with Crippen LogP contribution in [0.4, 0.5) is 0 Å². The predicted molar refractivity (Wildman–Crippen MR) is 37.7 cm³/mol. The molecular weight excluding hydrogens is 116 g/mol. The Labute approximate surface area is 56.0 Å². The minimum Gasteiger partial charge on any atom is -0.393 e. The summed E-state index contributed by atoms with van der Waals surface area (Å²) in [5, 5.41) is 8.80. The Bertz CT molecular complexity index is 75.6. The maximum absolute atomic E-state index is 8.80. The molecule has 3 nitrogen and oxygen atoms in total. The zero-order valence-electron chi connectivity index (χ0n) is 6.09. The lowest BCUT2D eigenvalue weighted by atomic mass is 10.1. The summed E-state index contributed by atoms with van der Waals surface area (Å²) in [5.74, 6) is 0. The molecule has 0 saturated heterocycles. The average molecular weight is 132 g/mol. The first kappa shape index (κ1) is 8.88. The van der Waals surface area contributed by atoms with E-state index in [0.717, 1.165) is 0 Å². The van der Waals surface area contributed by atoms with Crippen molar-refractivity contribution in [2.24, 2.45) is 11.5 Å². The fourth-order valence-electron chi connectivity index (χ4n) is 0.520. The van der Waals surface area contributed by atoms with E-state index in [0.29, 0.717) is 12.8 Å². The van der Waals surface area contributed by atoms with Crippen molar-refractivity contribution in [1.29, 1.82) is 0 Å². The molecule has 56 valence electrons. The number of hydrogen-bond acceptors (Lipinski definition) is 3. The molecule has 0 aromatic rings. The summed E-state index contributed by atoms with van der Waals surface area (Å²) in [4.78, 5) is 0. The second-order valence-corrected chi connectivity index (χ2v) is 2.89. The van der Waals surface area contributed by atoms with E-state index in [1.165, 1.54) is 0 Å². The van der Waals surface area contributed by atoms with Crippen LogP contribution in [0.5, 0.6) is 0 Å². The van der Waals surface area contributed by atoms with Crippen molar-refractivity contribution in [1.82, 2.24) is 0 Å². The predicted octanol–water partition coefficient (Wildman–Crippen LogP) is -0.219. The first-order valence-corrected chi connectivity index (χ1v) is 3.17. The normalized spacial score (nSPS) is 15.7. The minimum absolute atomic E-state index is 0.295. The summed E-state index contributed by atoms with van der Waals surface area (Å²) in [6.07, 6.45) is 1.03. The van der Waals surface area contributed by atoms with Crippen LogP contribution in [0.15, 0.2) is 0 Å². The van der Waals surface area contributed by atoms with E-state index < -0.39 is 5.66 Å². The SMILES string of the molecule is CC(O)CCC(C)(N)N. The molecule has 0 aliphatic rings. The lowest BCUT2D eigenvalue weighted by Crippen LogP contribution is -2.46. The molecule has 0 fully saturated rings. The van der Waals surface area contributed by atoms with E-state index in [4.69, 9.17) is 16.6 Å². The Hall–Kier alpha value is -0.120. The largest absolute Gasteiger partial charge is 0.393 e. The van der Waals surface area contributed by atoms with Crippen molar-refractivity contribution in [3.8, 4) is 0 Å². The molecule has 1 atom stereocenters. The Morgan fingerprint density at radius 2 is 2.00 bits per heavy atom. The summed E-state index contributed by atoms with van der Waals surface area (Å²) < 4.78 is 0. The number of nitrogens with two attached hydrogens (primary N) is 2. The number of rotatable bonds is 3. The van der Waals surface area contributed by atoms with Crippen LogP contribution in [0, 0.1) is 0 Å². The molecule has 1 unspecified atom stereocenters. The molecule has 3 heteroatoms. The molecule has 0 aromatic heterocycles. The average Bonchev–Trinajstić information content (AvgIpc) is 1.59. The highest BCUT2D eigenvalue weighted by atomic mass is 16.3. The third kappa shape index (κ3) is 7.88. The van der Waals surface area contributed by atoms with Crippen molar-refractivity contribution in [3.63, 3.8) is 0 Å². The van der Waals surface area contributed by atoms with Crippen LogP contribution in [-0.4, -0.2) is 16.9 Å². The van der Waals surface area contributed by atoms with Crippen LogP contribution < -0.4 is 11.5 Å². The van der Waals surface area contributed by atoms with Crippen molar-refractivity contribution >= 4 is 0 Å². The number of hydrogen-bond donors (Lipinski definition) is 3. The van der Waals surface area contributed by atoms with Gasteiger partial charge in [-0.1, -0.05) is 0 Å². The standard InChI is InChI=1S/C6H16N2O/c1-5(9)3-4-6(2,7)8/h5,9H,3-4,7-8H2,1-2H3. The molecule has 0 heterocycles. The minimum atomic E-state index is -0.628. The van der Waals surface area contributed by atoms with Gasteiger partial charge in [-0.05, 0) is 26.7 Å². The topological polar surface area (TPSA) is 72.3 Å². The van der Waals surface area contributed by atoms with Gasteiger partial charge in [0.1, 0.15) is 0 Å². The maximum Gasteiger partial charge on any atom is 0.0608 e. The molecular formula is C6H16N2O. The highest BCUT2D eigenvalue weighted by Crippen LogP contribution is 2.03. The molecule has 0 aliphatic carbocycles. The molecule has 0 rings (SSSR count). The molecule has 0 spiro atoms. The fraction of sp³-hybridized carbons (Fsp3) is 1.00. The molecule has 5 N–H and O–H groups in total. The third-order valence-corrected chi connectivity index (χ3v) is 1.10. The monoisotopic (exact) mass is 132 g/mol. The van der Waals surface area contributed by atoms with Crippen LogP contribution in [0.2, 0.25) is 0 Å². The first-order valence-electron chi connectivity index (χ1n) is 3.17. The van der Waals surface area contributed by atoms with Crippen molar-refractivity contribution in [2.75, 3.05) is 0 Å². The van der Waals surface area contributed by atoms with Crippen molar-refractivity contribution in [3.05, 3.63) is 0 Å². The Morgan fingerprint density at radius 1 is 1.56 bits per heavy atom. The first-order chi connectivity index (χ1) is 3.92. The summed E-state index contributed by atoms with van der Waals surface area (Å²) in [6, 6.07) is 0. The molecule has 0 aromatic carbocycles. The van der Waals surface area contributed by atoms with E-state index in [-0.39, 0.29) is 6.10 Å². The van der Waals surface area contributed by atoms with Gasteiger partial charge in [-0.3, -0.25) is 0 Å². The van der Waals surface area contributed by atoms with Gasteiger partial charge in [0.2, 0.25) is 0 Å². The van der Waals surface area contributed by atoms with Crippen LogP contribution >= 0.6 is 0 Å². The van der Waals surface area contributed by atoms with Gasteiger partial charge in [0.15, 0.2) is 0 Å². The van der Waals surface area contributed by atoms with Crippen LogP contribution in [-0.2, 0) is 0 Å². The van der Waals surface area contributed by atoms with Crippen LogP contribution in [0.25, 0.3) is 0 Å². The van der Waals surface area contributed by atoms with E-state index in [2.05, 4.69) is 0 Å².